The van der Waals surface area contributed by atoms with E-state index >= 15 is 0 Å². The van der Waals surface area contributed by atoms with Gasteiger partial charge in [0, 0.05) is 35.2 Å². The van der Waals surface area contributed by atoms with Crippen molar-refractivity contribution in [2.45, 2.75) is 17.7 Å². The van der Waals surface area contributed by atoms with Gasteiger partial charge in [0.05, 0.1) is 15.8 Å². The second-order valence-electron chi connectivity index (χ2n) is 7.99. The van der Waals surface area contributed by atoms with Crippen molar-refractivity contribution in [3.8, 4) is 0 Å². The fraction of sp³-hybridized carbons (Fsp3) is 0.231. The van der Waals surface area contributed by atoms with Crippen molar-refractivity contribution in [1.29, 1.82) is 0 Å². The van der Waals surface area contributed by atoms with Gasteiger partial charge >= 0.3 is 0 Å². The summed E-state index contributed by atoms with van der Waals surface area (Å²) in [4.78, 5) is 26.9. The summed E-state index contributed by atoms with van der Waals surface area (Å²) in [5.74, 6) is 2.02. The van der Waals surface area contributed by atoms with Gasteiger partial charge in [0.25, 0.3) is 5.91 Å². The molecule has 182 valence electrons. The number of thioether (sulfide) groups is 2. The number of carbonyl (C=O) groups excluding carboxylic acids is 2. The van der Waals surface area contributed by atoms with Crippen LogP contribution in [0.25, 0.3) is 0 Å². The summed E-state index contributed by atoms with van der Waals surface area (Å²) < 4.78 is 0. The van der Waals surface area contributed by atoms with Crippen LogP contribution in [0.5, 0.6) is 0 Å². The van der Waals surface area contributed by atoms with Gasteiger partial charge in [-0.3, -0.25) is 9.59 Å². The van der Waals surface area contributed by atoms with Crippen molar-refractivity contribution in [1.82, 2.24) is 10.2 Å². The molecule has 9 heteroatoms. The van der Waals surface area contributed by atoms with E-state index in [9.17, 15) is 9.59 Å². The second kappa shape index (κ2) is 12.4. The standard InChI is InChI=1S/C26H23Cl3N2O2S2/c27-21-8-1-17(2-9-21)14-31-24(32)16-35-26(31)20-6-4-19(5-7-20)25(33)30-11-12-34-15-18-3-10-22(28)23(29)13-18/h1-10,13,26H,11-12,14-16H2,(H,30,33)/t26-/m1/s1. The average Bonchev–Trinajstić information content (AvgIpc) is 3.22. The summed E-state index contributed by atoms with van der Waals surface area (Å²) in [6, 6.07) is 20.6. The summed E-state index contributed by atoms with van der Waals surface area (Å²) >= 11 is 21.3. The lowest BCUT2D eigenvalue weighted by molar-refractivity contribution is -0.128. The molecule has 1 heterocycles. The molecule has 35 heavy (non-hydrogen) atoms. The van der Waals surface area contributed by atoms with E-state index in [1.54, 1.807) is 29.6 Å². The molecule has 4 rings (SSSR count). The van der Waals surface area contributed by atoms with Gasteiger partial charge in [0.1, 0.15) is 5.37 Å². The Bertz CT molecular complexity index is 1190. The predicted molar refractivity (Wildman–Crippen MR) is 149 cm³/mol. The monoisotopic (exact) mass is 564 g/mol. The Morgan fingerprint density at radius 2 is 1.69 bits per heavy atom. The molecule has 1 saturated heterocycles. The van der Waals surface area contributed by atoms with E-state index in [0.29, 0.717) is 39.5 Å². The number of carbonyl (C=O) groups is 2. The third-order valence-electron chi connectivity index (χ3n) is 5.48. The number of nitrogens with one attached hydrogen (secondary N) is 1. The summed E-state index contributed by atoms with van der Waals surface area (Å²) in [5, 5.41) is 4.66. The van der Waals surface area contributed by atoms with Gasteiger partial charge in [-0.05, 0) is 53.1 Å². The highest BCUT2D eigenvalue weighted by molar-refractivity contribution is 8.00. The molecule has 0 unspecified atom stereocenters. The van der Waals surface area contributed by atoms with Crippen LogP contribution in [0.2, 0.25) is 15.1 Å². The van der Waals surface area contributed by atoms with Crippen LogP contribution in [0.15, 0.2) is 66.7 Å². The molecule has 1 fully saturated rings. The molecule has 0 bridgehead atoms. The molecule has 1 aliphatic rings. The molecule has 0 saturated carbocycles. The quantitative estimate of drug-likeness (QED) is 0.282. The number of amides is 2. The zero-order valence-electron chi connectivity index (χ0n) is 18.7. The first-order valence-corrected chi connectivity index (χ1v) is 14.3. The van der Waals surface area contributed by atoms with Crippen LogP contribution in [0.3, 0.4) is 0 Å². The Hall–Kier alpha value is -1.83. The molecular formula is C26H23Cl3N2O2S2. The van der Waals surface area contributed by atoms with Gasteiger partial charge in [-0.1, -0.05) is 65.1 Å². The largest absolute Gasteiger partial charge is 0.351 e. The van der Waals surface area contributed by atoms with E-state index in [0.717, 1.165) is 28.2 Å². The number of nitrogens with zero attached hydrogens (tertiary/aromatic N) is 1. The van der Waals surface area contributed by atoms with Crippen molar-refractivity contribution >= 4 is 70.1 Å². The topological polar surface area (TPSA) is 49.4 Å². The third-order valence-corrected chi connectivity index (χ3v) is 8.75. The Morgan fingerprint density at radius 3 is 2.40 bits per heavy atom. The van der Waals surface area contributed by atoms with Gasteiger partial charge in [-0.15, -0.1) is 11.8 Å². The van der Waals surface area contributed by atoms with Gasteiger partial charge in [-0.25, -0.2) is 0 Å². The van der Waals surface area contributed by atoms with Crippen LogP contribution in [-0.2, 0) is 17.1 Å². The molecule has 4 nitrogen and oxygen atoms in total. The molecule has 0 radical (unpaired) electrons. The van der Waals surface area contributed by atoms with Crippen molar-refractivity contribution in [2.75, 3.05) is 18.1 Å². The molecule has 1 N–H and O–H groups in total. The molecule has 0 aliphatic carbocycles. The van der Waals surface area contributed by atoms with Crippen LogP contribution < -0.4 is 5.32 Å². The number of hydrogen-bond donors (Lipinski definition) is 1. The number of hydrogen-bond acceptors (Lipinski definition) is 4. The zero-order valence-corrected chi connectivity index (χ0v) is 22.6. The summed E-state index contributed by atoms with van der Waals surface area (Å²) in [6.07, 6.45) is 0. The molecule has 2 amide bonds. The highest BCUT2D eigenvalue weighted by Gasteiger charge is 2.32. The number of rotatable bonds is 9. The fourth-order valence-electron chi connectivity index (χ4n) is 3.65. The van der Waals surface area contributed by atoms with Crippen LogP contribution in [0.1, 0.15) is 32.4 Å². The normalized spacial score (nSPS) is 15.5. The lowest BCUT2D eigenvalue weighted by atomic mass is 10.1. The summed E-state index contributed by atoms with van der Waals surface area (Å²) in [6.45, 7) is 1.09. The smallest absolute Gasteiger partial charge is 0.251 e. The minimum Gasteiger partial charge on any atom is -0.351 e. The number of halogens is 3. The van der Waals surface area contributed by atoms with E-state index in [4.69, 9.17) is 34.8 Å². The minimum atomic E-state index is -0.111. The lowest BCUT2D eigenvalue weighted by Gasteiger charge is -2.24. The van der Waals surface area contributed by atoms with E-state index in [1.807, 2.05) is 65.6 Å². The van der Waals surface area contributed by atoms with Crippen LogP contribution in [-0.4, -0.2) is 34.8 Å². The number of benzene rings is 3. The highest BCUT2D eigenvalue weighted by Crippen LogP contribution is 2.39. The maximum atomic E-state index is 12.5. The molecule has 3 aromatic carbocycles. The van der Waals surface area contributed by atoms with E-state index in [2.05, 4.69) is 5.32 Å². The van der Waals surface area contributed by atoms with E-state index in [1.165, 1.54) is 0 Å². The SMILES string of the molecule is O=C(NCCSCc1ccc(Cl)c(Cl)c1)c1ccc([C@H]2SCC(=O)N2Cc2ccc(Cl)cc2)cc1. The molecule has 1 aliphatic heterocycles. The van der Waals surface area contributed by atoms with Gasteiger partial charge in [0.2, 0.25) is 5.91 Å². The Kier molecular flexibility index (Phi) is 9.31. The average molecular weight is 566 g/mol. The Balaban J connectivity index is 1.27. The van der Waals surface area contributed by atoms with Gasteiger partial charge in [0.15, 0.2) is 0 Å². The first-order valence-electron chi connectivity index (χ1n) is 11.0. The maximum absolute atomic E-state index is 12.5. The predicted octanol–water partition coefficient (Wildman–Crippen LogP) is 7.08. The Morgan fingerprint density at radius 1 is 0.971 bits per heavy atom. The van der Waals surface area contributed by atoms with Crippen molar-refractivity contribution in [2.24, 2.45) is 0 Å². The molecule has 0 aromatic heterocycles. The van der Waals surface area contributed by atoms with Gasteiger partial charge in [-0.2, -0.15) is 11.8 Å². The highest BCUT2D eigenvalue weighted by atomic mass is 35.5. The molecule has 1 atom stereocenters. The molecule has 3 aromatic rings. The fourth-order valence-corrected chi connectivity index (χ4v) is 6.09. The molecule has 0 spiro atoms. The zero-order chi connectivity index (χ0) is 24.8. The first kappa shape index (κ1) is 26.2. The van der Waals surface area contributed by atoms with Crippen LogP contribution in [0, 0.1) is 0 Å². The maximum Gasteiger partial charge on any atom is 0.251 e. The lowest BCUT2D eigenvalue weighted by Crippen LogP contribution is -2.28. The summed E-state index contributed by atoms with van der Waals surface area (Å²) in [7, 11) is 0. The second-order valence-corrected chi connectivity index (χ2v) is 11.4. The van der Waals surface area contributed by atoms with Crippen molar-refractivity contribution in [3.63, 3.8) is 0 Å². The van der Waals surface area contributed by atoms with Crippen LogP contribution in [0.4, 0.5) is 0 Å². The first-order chi connectivity index (χ1) is 16.9. The van der Waals surface area contributed by atoms with E-state index in [-0.39, 0.29) is 17.2 Å². The minimum absolute atomic E-state index is 0.0759. The summed E-state index contributed by atoms with van der Waals surface area (Å²) in [5.41, 5.74) is 3.73. The third kappa shape index (κ3) is 7.11. The van der Waals surface area contributed by atoms with E-state index < -0.39 is 0 Å². The molecular weight excluding hydrogens is 543 g/mol. The van der Waals surface area contributed by atoms with Crippen molar-refractivity contribution in [3.05, 3.63) is 104 Å². The van der Waals surface area contributed by atoms with Crippen molar-refractivity contribution < 1.29 is 9.59 Å². The van der Waals surface area contributed by atoms with Gasteiger partial charge < -0.3 is 10.2 Å². The van der Waals surface area contributed by atoms with Crippen LogP contribution >= 0.6 is 58.3 Å². The Labute approximate surface area is 228 Å².